The van der Waals surface area contributed by atoms with Crippen LogP contribution in [0.4, 0.5) is 0 Å². The van der Waals surface area contributed by atoms with E-state index in [1.54, 1.807) is 0 Å². The fourth-order valence-corrected chi connectivity index (χ4v) is 12.0. The third kappa shape index (κ3) is 63.2. The predicted molar refractivity (Wildman–Crippen MR) is 358 cm³/mol. The Hall–Kier alpha value is -1.94. The lowest BCUT2D eigenvalue weighted by molar-refractivity contribution is -0.161. The first-order valence-electron chi connectivity index (χ1n) is 36.2. The molecule has 0 aromatic carbocycles. The minimum absolute atomic E-state index is 0.104. The summed E-state index contributed by atoms with van der Waals surface area (Å²) in [5, 5.41) is 10.6. The van der Waals surface area contributed by atoms with Crippen molar-refractivity contribution in [2.75, 3.05) is 39.6 Å². The van der Waals surface area contributed by atoms with Crippen LogP contribution in [0.5, 0.6) is 0 Å². The minimum atomic E-state index is -4.95. The summed E-state index contributed by atoms with van der Waals surface area (Å²) < 4.78 is 68.3. The Morgan fingerprint density at radius 3 is 0.798 bits per heavy atom. The van der Waals surface area contributed by atoms with Crippen LogP contribution in [0.25, 0.3) is 0 Å². The summed E-state index contributed by atoms with van der Waals surface area (Å²) in [5.41, 5.74) is 0. The van der Waals surface area contributed by atoms with Crippen molar-refractivity contribution in [3.8, 4) is 0 Å². The van der Waals surface area contributed by atoms with E-state index in [1.807, 2.05) is 0 Å². The molecule has 0 aliphatic rings. The fraction of sp³-hybridized carbons (Fsp3) is 0.943. The van der Waals surface area contributed by atoms with Crippen LogP contribution in [-0.4, -0.2) is 96.7 Å². The second-order valence-corrected chi connectivity index (χ2v) is 29.8. The van der Waals surface area contributed by atoms with Crippen molar-refractivity contribution in [2.24, 2.45) is 23.7 Å². The van der Waals surface area contributed by atoms with Crippen molar-refractivity contribution in [1.29, 1.82) is 0 Å². The molecule has 0 heterocycles. The van der Waals surface area contributed by atoms with Gasteiger partial charge in [-0.2, -0.15) is 0 Å². The number of phosphoric ester groups is 2. The molecule has 0 amide bonds. The molecule has 0 saturated heterocycles. The molecule has 0 aliphatic heterocycles. The number of hydrogen-bond acceptors (Lipinski definition) is 15. The first-order chi connectivity index (χ1) is 42.6. The van der Waals surface area contributed by atoms with E-state index >= 15 is 0 Å². The molecule has 0 fully saturated rings. The number of esters is 4. The number of ether oxygens (including phenoxy) is 4. The van der Waals surface area contributed by atoms with E-state index in [-0.39, 0.29) is 25.7 Å². The highest BCUT2D eigenvalue weighted by molar-refractivity contribution is 7.47. The Morgan fingerprint density at radius 2 is 0.539 bits per heavy atom. The van der Waals surface area contributed by atoms with Crippen LogP contribution in [0.1, 0.15) is 344 Å². The van der Waals surface area contributed by atoms with E-state index in [9.17, 15) is 43.2 Å². The standard InChI is InChI=1S/C70H136O17P2/c1-9-63(8)49-41-33-28-29-35-43-51-68(73)81-57-66(87-70(75)53-45-37-27-21-15-18-24-32-40-48-62(6)7)59-85-89(78,79)83-55-64(71)54-82-88(76,77)84-58-65(56-80-67(72)50-42-34-25-20-14-17-23-31-39-47-61(4)5)86-69(74)52-44-36-26-19-13-11-10-12-16-22-30-38-46-60(2)3/h60-66,71H,9-59H2,1-8H3,(H,76,77)(H,78,79)/t63?,64-,65-,66-/m1/s1. The Kier molecular flexibility index (Phi) is 58.5. The van der Waals surface area contributed by atoms with Gasteiger partial charge in [-0.15, -0.1) is 0 Å². The van der Waals surface area contributed by atoms with E-state index in [0.717, 1.165) is 120 Å². The number of hydrogen-bond donors (Lipinski definition) is 3. The largest absolute Gasteiger partial charge is 0.472 e. The van der Waals surface area contributed by atoms with E-state index in [1.165, 1.54) is 141 Å². The summed E-state index contributed by atoms with van der Waals surface area (Å²) in [6.07, 6.45) is 41.7. The van der Waals surface area contributed by atoms with Crippen molar-refractivity contribution in [2.45, 2.75) is 363 Å². The summed E-state index contributed by atoms with van der Waals surface area (Å²) in [6.45, 7) is 14.1. The number of rotatable bonds is 67. The van der Waals surface area contributed by atoms with E-state index < -0.39 is 97.5 Å². The quantitative estimate of drug-likeness (QED) is 0.0222. The van der Waals surface area contributed by atoms with Crippen LogP contribution in [0, 0.1) is 23.7 Å². The SMILES string of the molecule is CCC(C)CCCCCCCCC(=O)OC[C@H](COP(=O)(O)OC[C@H](O)COP(=O)(O)OC[C@@H](COC(=O)CCCCCCCCCCCC(C)C)OC(=O)CCCCCCCCCCCCCCC(C)C)OC(=O)CCCCCCCCCCCC(C)C. The second-order valence-electron chi connectivity index (χ2n) is 26.9. The van der Waals surface area contributed by atoms with Crippen LogP contribution in [0.15, 0.2) is 0 Å². The number of unbranched alkanes of at least 4 members (excludes halogenated alkanes) is 32. The third-order valence-electron chi connectivity index (χ3n) is 16.4. The molecule has 0 spiro atoms. The van der Waals surface area contributed by atoms with E-state index in [0.29, 0.717) is 25.7 Å². The van der Waals surface area contributed by atoms with Crippen molar-refractivity contribution < 1.29 is 80.2 Å². The zero-order valence-corrected chi connectivity index (χ0v) is 59.8. The minimum Gasteiger partial charge on any atom is -0.462 e. The zero-order valence-electron chi connectivity index (χ0n) is 58.1. The van der Waals surface area contributed by atoms with Gasteiger partial charge in [-0.05, 0) is 49.4 Å². The highest BCUT2D eigenvalue weighted by Crippen LogP contribution is 2.45. The van der Waals surface area contributed by atoms with Gasteiger partial charge in [0.15, 0.2) is 12.2 Å². The maximum Gasteiger partial charge on any atom is 0.472 e. The molecule has 0 aromatic rings. The van der Waals surface area contributed by atoms with Gasteiger partial charge in [0.25, 0.3) is 0 Å². The van der Waals surface area contributed by atoms with Gasteiger partial charge in [0, 0.05) is 25.7 Å². The van der Waals surface area contributed by atoms with Crippen molar-refractivity contribution in [1.82, 2.24) is 0 Å². The molecule has 0 aromatic heterocycles. The normalized spacial score (nSPS) is 14.6. The van der Waals surface area contributed by atoms with Gasteiger partial charge in [0.05, 0.1) is 26.4 Å². The average molecular weight is 1310 g/mol. The maximum absolute atomic E-state index is 13.0. The lowest BCUT2D eigenvalue weighted by atomic mass is 10.00. The molecular formula is C70H136O17P2. The van der Waals surface area contributed by atoms with Crippen molar-refractivity contribution >= 4 is 39.5 Å². The lowest BCUT2D eigenvalue weighted by Gasteiger charge is -2.21. The first-order valence-corrected chi connectivity index (χ1v) is 39.2. The Labute approximate surface area is 543 Å². The van der Waals surface area contributed by atoms with Crippen LogP contribution >= 0.6 is 15.6 Å². The van der Waals surface area contributed by atoms with Gasteiger partial charge in [-0.3, -0.25) is 37.3 Å². The summed E-state index contributed by atoms with van der Waals surface area (Å²) in [6, 6.07) is 0. The Balaban J connectivity index is 5.27. The number of carbonyl (C=O) groups is 4. The third-order valence-corrected chi connectivity index (χ3v) is 18.3. The molecule has 0 radical (unpaired) electrons. The smallest absolute Gasteiger partial charge is 0.462 e. The summed E-state index contributed by atoms with van der Waals surface area (Å²) in [5.74, 6) is 0.857. The maximum atomic E-state index is 13.0. The van der Waals surface area contributed by atoms with Gasteiger partial charge in [0.2, 0.25) is 0 Å². The monoisotopic (exact) mass is 1310 g/mol. The topological polar surface area (TPSA) is 237 Å². The molecule has 19 heteroatoms. The first kappa shape index (κ1) is 87.1. The molecule has 528 valence electrons. The molecule has 0 saturated carbocycles. The van der Waals surface area contributed by atoms with Crippen molar-refractivity contribution in [3.05, 3.63) is 0 Å². The molecule has 89 heavy (non-hydrogen) atoms. The average Bonchev–Trinajstić information content (AvgIpc) is 3.68. The molecule has 3 unspecified atom stereocenters. The molecule has 6 atom stereocenters. The Morgan fingerprint density at radius 1 is 0.315 bits per heavy atom. The summed E-state index contributed by atoms with van der Waals surface area (Å²) in [7, 11) is -9.90. The second kappa shape index (κ2) is 59.8. The molecule has 0 aliphatic carbocycles. The molecule has 3 N–H and O–H groups in total. The van der Waals surface area contributed by atoms with Crippen LogP contribution in [0.2, 0.25) is 0 Å². The van der Waals surface area contributed by atoms with Gasteiger partial charge < -0.3 is 33.8 Å². The molecule has 0 rings (SSSR count). The van der Waals surface area contributed by atoms with E-state index in [2.05, 4.69) is 55.4 Å². The summed E-state index contributed by atoms with van der Waals surface area (Å²) in [4.78, 5) is 72.5. The molecule has 0 bridgehead atoms. The van der Waals surface area contributed by atoms with Gasteiger partial charge in [0.1, 0.15) is 19.3 Å². The highest BCUT2D eigenvalue weighted by Gasteiger charge is 2.30. The van der Waals surface area contributed by atoms with Gasteiger partial charge in [-0.1, -0.05) is 293 Å². The molecule has 17 nitrogen and oxygen atoms in total. The predicted octanol–water partition coefficient (Wildman–Crippen LogP) is 19.7. The number of aliphatic hydroxyl groups is 1. The fourth-order valence-electron chi connectivity index (χ4n) is 10.5. The van der Waals surface area contributed by atoms with Crippen molar-refractivity contribution in [3.63, 3.8) is 0 Å². The van der Waals surface area contributed by atoms with Gasteiger partial charge >= 0.3 is 39.5 Å². The summed E-state index contributed by atoms with van der Waals surface area (Å²) >= 11 is 0. The zero-order chi connectivity index (χ0) is 66.1. The number of aliphatic hydroxyl groups excluding tert-OH is 1. The molecular weight excluding hydrogens is 1170 g/mol. The van der Waals surface area contributed by atoms with Crippen LogP contribution in [0.3, 0.4) is 0 Å². The number of phosphoric acid groups is 2. The Bertz CT molecular complexity index is 1770. The number of carbonyl (C=O) groups excluding carboxylic acids is 4. The highest BCUT2D eigenvalue weighted by atomic mass is 31.2. The van der Waals surface area contributed by atoms with E-state index in [4.69, 9.17) is 37.0 Å². The van der Waals surface area contributed by atoms with Crippen LogP contribution in [-0.2, 0) is 65.4 Å². The van der Waals surface area contributed by atoms with Crippen LogP contribution < -0.4 is 0 Å². The van der Waals surface area contributed by atoms with Gasteiger partial charge in [-0.25, -0.2) is 9.13 Å². The lowest BCUT2D eigenvalue weighted by Crippen LogP contribution is -2.30.